The molecule has 0 aliphatic rings. The van der Waals surface area contributed by atoms with Gasteiger partial charge in [-0.25, -0.2) is 0 Å². The topological polar surface area (TPSA) is 81.6 Å². The van der Waals surface area contributed by atoms with Crippen LogP contribution in [-0.4, -0.2) is 42.6 Å². The summed E-state index contributed by atoms with van der Waals surface area (Å²) >= 11 is 0. The van der Waals surface area contributed by atoms with Crippen molar-refractivity contribution in [3.05, 3.63) is 0 Å². The van der Waals surface area contributed by atoms with E-state index in [1.165, 1.54) is 225 Å². The van der Waals surface area contributed by atoms with Gasteiger partial charge in [0.2, 0.25) is 0 Å². The van der Waals surface area contributed by atoms with Gasteiger partial charge in [0.1, 0.15) is 0 Å². The van der Waals surface area contributed by atoms with Crippen molar-refractivity contribution < 1.29 is 14.4 Å². The highest BCUT2D eigenvalue weighted by molar-refractivity contribution is 7.52. The number of hydrogen-bond acceptors (Lipinski definition) is 3. The second-order valence-corrected chi connectivity index (χ2v) is 17.8. The normalized spacial score (nSPS) is 11.9. The maximum Gasteiger partial charge on any atom is 0.328 e. The summed E-state index contributed by atoms with van der Waals surface area (Å²) in [7, 11) is 0.226. The highest BCUT2D eigenvalue weighted by Crippen LogP contribution is 2.43. The molecule has 0 aromatic carbocycles. The van der Waals surface area contributed by atoms with Gasteiger partial charge in [0.05, 0.1) is 5.66 Å². The minimum Gasteiger partial charge on any atom is -0.324 e. The zero-order valence-electron chi connectivity index (χ0n) is 36.2. The van der Waals surface area contributed by atoms with E-state index in [1.807, 2.05) is 14.1 Å². The predicted octanol–water partition coefficient (Wildman–Crippen LogP) is 15.1. The van der Waals surface area contributed by atoms with E-state index in [0.29, 0.717) is 6.42 Å². The van der Waals surface area contributed by atoms with Crippen molar-refractivity contribution in [1.29, 1.82) is 0 Å². The van der Waals surface area contributed by atoms with Crippen LogP contribution in [0.3, 0.4) is 0 Å². The standard InChI is InChI=1S/C19H41O3P.2C13H29N/c1-3-4-5-6-7-8-9-10-11-12-13-14-15-16-17-18-19(2)23(20,21)22;2*1-3-4-5-6-7-8-9-10-11-12-13-14-2/h19H,3-18H2,1-2H3,(H2,20,21,22);2*14H,3-13H2,1-2H3. The van der Waals surface area contributed by atoms with Gasteiger partial charge >= 0.3 is 7.60 Å². The Morgan fingerprint density at radius 3 is 0.765 bits per heavy atom. The Morgan fingerprint density at radius 2 is 0.569 bits per heavy atom. The van der Waals surface area contributed by atoms with E-state index >= 15 is 0 Å². The Kier molecular flexibility index (Phi) is 54.4. The Morgan fingerprint density at radius 1 is 0.373 bits per heavy atom. The minimum atomic E-state index is -3.84. The molecular formula is C45H99N2O3P. The summed E-state index contributed by atoms with van der Waals surface area (Å²) in [5, 5.41) is 6.39. The monoisotopic (exact) mass is 747 g/mol. The summed E-state index contributed by atoms with van der Waals surface area (Å²) in [5.41, 5.74) is -0.468. The molecule has 1 atom stereocenters. The quantitative estimate of drug-likeness (QED) is 0.0372. The SMILES string of the molecule is CCCCCCCCCCCCCCCCCC(C)P(=O)(O)O.CCCCCCCCCCCCNC.CCCCCCCCCCCCNC. The molecule has 0 aliphatic carbocycles. The summed E-state index contributed by atoms with van der Waals surface area (Å²) < 4.78 is 11.0. The second-order valence-electron chi connectivity index (χ2n) is 15.7. The van der Waals surface area contributed by atoms with Gasteiger partial charge in [-0.3, -0.25) is 4.57 Å². The highest BCUT2D eigenvalue weighted by Gasteiger charge is 2.22. The molecule has 0 fully saturated rings. The number of nitrogens with one attached hydrogen (secondary N) is 2. The third kappa shape index (κ3) is 57.0. The van der Waals surface area contributed by atoms with Gasteiger partial charge in [-0.05, 0) is 46.4 Å². The van der Waals surface area contributed by atoms with E-state index in [1.54, 1.807) is 6.92 Å². The van der Waals surface area contributed by atoms with Crippen LogP contribution in [0.5, 0.6) is 0 Å². The molecule has 4 N–H and O–H groups in total. The van der Waals surface area contributed by atoms with Crippen LogP contribution in [0.4, 0.5) is 0 Å². The van der Waals surface area contributed by atoms with Gasteiger partial charge in [0.15, 0.2) is 0 Å². The van der Waals surface area contributed by atoms with Gasteiger partial charge in [-0.2, -0.15) is 0 Å². The maximum atomic E-state index is 11.0. The number of rotatable bonds is 39. The Balaban J connectivity index is -0.000000714. The highest BCUT2D eigenvalue weighted by atomic mass is 31.2. The van der Waals surface area contributed by atoms with Crippen LogP contribution in [0.2, 0.25) is 0 Å². The van der Waals surface area contributed by atoms with Crippen molar-refractivity contribution in [2.75, 3.05) is 27.2 Å². The van der Waals surface area contributed by atoms with Crippen LogP contribution in [0.15, 0.2) is 0 Å². The zero-order chi connectivity index (χ0) is 38.4. The first kappa shape index (κ1) is 55.4. The van der Waals surface area contributed by atoms with Crippen LogP contribution in [-0.2, 0) is 4.57 Å². The van der Waals surface area contributed by atoms with Crippen molar-refractivity contribution in [3.8, 4) is 0 Å². The smallest absolute Gasteiger partial charge is 0.324 e. The molecule has 0 saturated carbocycles. The van der Waals surface area contributed by atoms with Crippen molar-refractivity contribution in [1.82, 2.24) is 10.6 Å². The zero-order valence-corrected chi connectivity index (χ0v) is 37.1. The van der Waals surface area contributed by atoms with Gasteiger partial charge in [-0.15, -0.1) is 0 Å². The van der Waals surface area contributed by atoms with E-state index in [-0.39, 0.29) is 0 Å². The Bertz CT molecular complexity index is 583. The molecule has 0 aromatic rings. The van der Waals surface area contributed by atoms with E-state index < -0.39 is 13.3 Å². The summed E-state index contributed by atoms with van der Waals surface area (Å²) in [6, 6.07) is 0. The fourth-order valence-corrected chi connectivity index (χ4v) is 7.08. The first-order valence-electron chi connectivity index (χ1n) is 23.2. The van der Waals surface area contributed by atoms with Crippen LogP contribution < -0.4 is 10.6 Å². The third-order valence-electron chi connectivity index (χ3n) is 10.4. The molecule has 0 aliphatic heterocycles. The van der Waals surface area contributed by atoms with Gasteiger partial charge in [0, 0.05) is 0 Å². The molecule has 51 heavy (non-hydrogen) atoms. The molecule has 1 unspecified atom stereocenters. The van der Waals surface area contributed by atoms with E-state index in [0.717, 1.165) is 12.8 Å². The third-order valence-corrected chi connectivity index (χ3v) is 11.8. The molecule has 5 nitrogen and oxygen atoms in total. The summed E-state index contributed by atoms with van der Waals surface area (Å²) in [6.07, 6.45) is 49.1. The molecule has 0 aromatic heterocycles. The molecule has 0 heterocycles. The maximum absolute atomic E-state index is 11.0. The molecule has 0 radical (unpaired) electrons. The predicted molar refractivity (Wildman–Crippen MR) is 233 cm³/mol. The summed E-state index contributed by atoms with van der Waals surface area (Å²) in [4.78, 5) is 18.0. The first-order chi connectivity index (χ1) is 24.8. The number of unbranched alkanes of at least 4 members (excludes halogenated alkanes) is 32. The molecule has 0 amide bonds. The van der Waals surface area contributed by atoms with Crippen molar-refractivity contribution >= 4 is 7.60 Å². The molecule has 0 spiro atoms. The van der Waals surface area contributed by atoms with E-state index in [4.69, 9.17) is 9.79 Å². The lowest BCUT2D eigenvalue weighted by molar-refractivity contribution is 0.355. The lowest BCUT2D eigenvalue weighted by Gasteiger charge is -2.12. The van der Waals surface area contributed by atoms with E-state index in [2.05, 4.69) is 31.4 Å². The molecular weight excluding hydrogens is 647 g/mol. The Labute approximate surface area is 323 Å². The van der Waals surface area contributed by atoms with Crippen molar-refractivity contribution in [3.63, 3.8) is 0 Å². The minimum absolute atomic E-state index is 0.468. The van der Waals surface area contributed by atoms with Crippen LogP contribution in [0.1, 0.15) is 259 Å². The second kappa shape index (κ2) is 50.1. The lowest BCUT2D eigenvalue weighted by atomic mass is 10.0. The summed E-state index contributed by atoms with van der Waals surface area (Å²) in [6.45, 7) is 10.9. The summed E-state index contributed by atoms with van der Waals surface area (Å²) in [5.74, 6) is 0. The van der Waals surface area contributed by atoms with E-state index in [9.17, 15) is 4.57 Å². The lowest BCUT2D eigenvalue weighted by Crippen LogP contribution is -2.06. The van der Waals surface area contributed by atoms with Gasteiger partial charge < -0.3 is 20.4 Å². The Hall–Kier alpha value is 0.0700. The van der Waals surface area contributed by atoms with Crippen molar-refractivity contribution in [2.45, 2.75) is 265 Å². The molecule has 0 bridgehead atoms. The molecule has 0 rings (SSSR count). The van der Waals surface area contributed by atoms with Crippen LogP contribution in [0.25, 0.3) is 0 Å². The fraction of sp³-hybridized carbons (Fsp3) is 1.00. The molecule has 6 heteroatoms. The van der Waals surface area contributed by atoms with Gasteiger partial charge in [0.25, 0.3) is 0 Å². The van der Waals surface area contributed by atoms with Crippen molar-refractivity contribution in [2.24, 2.45) is 0 Å². The largest absolute Gasteiger partial charge is 0.328 e. The first-order valence-corrected chi connectivity index (χ1v) is 24.8. The molecule has 312 valence electrons. The van der Waals surface area contributed by atoms with Crippen LogP contribution in [0, 0.1) is 0 Å². The number of hydrogen-bond donors (Lipinski definition) is 4. The average molecular weight is 747 g/mol. The van der Waals surface area contributed by atoms with Gasteiger partial charge in [-0.1, -0.05) is 240 Å². The average Bonchev–Trinajstić information content (AvgIpc) is 3.11. The fourth-order valence-electron chi connectivity index (χ4n) is 6.56. The van der Waals surface area contributed by atoms with Crippen LogP contribution >= 0.6 is 7.60 Å². The molecule has 0 saturated heterocycles.